The molecule has 3 aromatic rings. The van der Waals surface area contributed by atoms with Gasteiger partial charge in [-0.2, -0.15) is 10.2 Å². The summed E-state index contributed by atoms with van der Waals surface area (Å²) in [5.74, 6) is 0.0262. The van der Waals surface area contributed by atoms with Gasteiger partial charge in [-0.3, -0.25) is 19.0 Å². The number of piperidine rings is 1. The molecule has 0 radical (unpaired) electrons. The number of hydrogen-bond donors (Lipinski definition) is 0. The van der Waals surface area contributed by atoms with Crippen molar-refractivity contribution < 1.29 is 9.59 Å². The normalized spacial score (nSPS) is 17.8. The Hall–Kier alpha value is -3.42. The van der Waals surface area contributed by atoms with Gasteiger partial charge >= 0.3 is 0 Å². The van der Waals surface area contributed by atoms with Crippen LogP contribution in [-0.4, -0.2) is 67.9 Å². The zero-order valence-electron chi connectivity index (χ0n) is 17.9. The number of amides is 2. The number of aromatic nitrogens is 4. The Balaban J connectivity index is 1.40. The van der Waals surface area contributed by atoms with Gasteiger partial charge in [-0.1, -0.05) is 30.3 Å². The molecule has 0 unspecified atom stereocenters. The van der Waals surface area contributed by atoms with Crippen LogP contribution in [0.5, 0.6) is 0 Å². The number of carbonyl (C=O) groups is 2. The Kier molecular flexibility index (Phi) is 4.64. The second-order valence-corrected chi connectivity index (χ2v) is 8.65. The van der Waals surface area contributed by atoms with Gasteiger partial charge in [0.2, 0.25) is 0 Å². The number of nitrogens with zero attached hydrogens (tertiary/aromatic N) is 6. The van der Waals surface area contributed by atoms with Crippen molar-refractivity contribution in [3.63, 3.8) is 0 Å². The first-order valence-electron chi connectivity index (χ1n) is 10.6. The Morgan fingerprint density at radius 3 is 2.52 bits per heavy atom. The lowest BCUT2D eigenvalue weighted by atomic mass is 9.72. The molecule has 2 aliphatic rings. The molecule has 8 heteroatoms. The molecule has 1 aromatic carbocycles. The van der Waals surface area contributed by atoms with Crippen LogP contribution >= 0.6 is 0 Å². The lowest BCUT2D eigenvalue weighted by Gasteiger charge is -2.45. The molecule has 0 atom stereocenters. The van der Waals surface area contributed by atoms with Crippen molar-refractivity contribution in [3.05, 3.63) is 71.3 Å². The van der Waals surface area contributed by atoms with Gasteiger partial charge in [0.05, 0.1) is 17.8 Å². The maximum atomic E-state index is 12.9. The van der Waals surface area contributed by atoms with Crippen molar-refractivity contribution in [2.24, 2.45) is 7.05 Å². The first kappa shape index (κ1) is 19.5. The molecule has 0 bridgehead atoms. The van der Waals surface area contributed by atoms with Crippen LogP contribution in [0.4, 0.5) is 0 Å². The lowest BCUT2D eigenvalue weighted by molar-refractivity contribution is 0.0537. The van der Waals surface area contributed by atoms with Gasteiger partial charge in [0.25, 0.3) is 11.8 Å². The molecule has 160 valence electrons. The lowest BCUT2D eigenvalue weighted by Crippen LogP contribution is -2.54. The highest BCUT2D eigenvalue weighted by atomic mass is 16.2. The van der Waals surface area contributed by atoms with E-state index >= 15 is 0 Å². The highest BCUT2D eigenvalue weighted by Gasteiger charge is 2.47. The van der Waals surface area contributed by atoms with Crippen LogP contribution in [0.3, 0.4) is 0 Å². The van der Waals surface area contributed by atoms with E-state index in [4.69, 9.17) is 5.10 Å². The summed E-state index contributed by atoms with van der Waals surface area (Å²) in [7, 11) is 3.64. The fourth-order valence-electron chi connectivity index (χ4n) is 4.91. The van der Waals surface area contributed by atoms with Gasteiger partial charge in [-0.05, 0) is 24.5 Å². The number of carbonyl (C=O) groups excluding carboxylic acids is 2. The third-order valence-corrected chi connectivity index (χ3v) is 6.62. The minimum Gasteiger partial charge on any atom is -0.341 e. The van der Waals surface area contributed by atoms with E-state index in [2.05, 4.69) is 17.2 Å². The van der Waals surface area contributed by atoms with Crippen LogP contribution in [0.2, 0.25) is 0 Å². The third kappa shape index (κ3) is 3.32. The maximum Gasteiger partial charge on any atom is 0.272 e. The van der Waals surface area contributed by atoms with Gasteiger partial charge in [-0.15, -0.1) is 0 Å². The number of likely N-dealkylation sites (tertiary alicyclic amines) is 1. The topological polar surface area (TPSA) is 76.3 Å². The van der Waals surface area contributed by atoms with E-state index in [1.807, 2.05) is 41.0 Å². The fraction of sp³-hybridized carbons (Fsp3) is 0.391. The van der Waals surface area contributed by atoms with Crippen LogP contribution in [-0.2, 0) is 19.0 Å². The van der Waals surface area contributed by atoms with Gasteiger partial charge in [0.1, 0.15) is 5.69 Å². The zero-order chi connectivity index (χ0) is 21.6. The molecular formula is C23H26N6O2. The van der Waals surface area contributed by atoms with E-state index in [1.54, 1.807) is 28.9 Å². The summed E-state index contributed by atoms with van der Waals surface area (Å²) in [6.07, 6.45) is 5.09. The first-order valence-corrected chi connectivity index (χ1v) is 10.6. The molecule has 2 amide bonds. The monoisotopic (exact) mass is 418 g/mol. The van der Waals surface area contributed by atoms with Gasteiger partial charge in [0.15, 0.2) is 0 Å². The second kappa shape index (κ2) is 7.37. The average Bonchev–Trinajstić information content (AvgIpc) is 3.40. The standard InChI is InChI=1S/C23H26N6O2/c1-26-16-23(9-12-28(13-10-23)22(31)19-8-11-24-27(19)2)20-18(21(26)30)15-29(25-20)14-17-6-4-3-5-7-17/h3-8,11,15H,9-10,12-14,16H2,1-2H3. The fourth-order valence-corrected chi connectivity index (χ4v) is 4.91. The highest BCUT2D eigenvalue weighted by molar-refractivity contribution is 5.97. The van der Waals surface area contributed by atoms with E-state index in [1.165, 1.54) is 0 Å². The van der Waals surface area contributed by atoms with E-state index < -0.39 is 0 Å². The smallest absolute Gasteiger partial charge is 0.272 e. The summed E-state index contributed by atoms with van der Waals surface area (Å²) < 4.78 is 3.50. The predicted molar refractivity (Wildman–Crippen MR) is 115 cm³/mol. The third-order valence-electron chi connectivity index (χ3n) is 6.62. The van der Waals surface area contributed by atoms with Gasteiger partial charge in [-0.25, -0.2) is 0 Å². The molecule has 0 N–H and O–H groups in total. The minimum absolute atomic E-state index is 0.00456. The molecule has 2 aliphatic heterocycles. The Morgan fingerprint density at radius 1 is 1.10 bits per heavy atom. The first-order chi connectivity index (χ1) is 15.0. The van der Waals surface area contributed by atoms with E-state index in [0.29, 0.717) is 37.4 Å². The number of benzene rings is 1. The summed E-state index contributed by atoms with van der Waals surface area (Å²) >= 11 is 0. The molecular weight excluding hydrogens is 392 g/mol. The van der Waals surface area contributed by atoms with Crippen LogP contribution in [0, 0.1) is 0 Å². The number of likely N-dealkylation sites (N-methyl/N-ethyl adjacent to an activating group) is 1. The Bertz CT molecular complexity index is 1120. The molecule has 1 fully saturated rings. The van der Waals surface area contributed by atoms with Gasteiger partial charge in [0, 0.05) is 51.5 Å². The minimum atomic E-state index is -0.219. The van der Waals surface area contributed by atoms with E-state index in [9.17, 15) is 9.59 Å². The highest BCUT2D eigenvalue weighted by Crippen LogP contribution is 2.41. The van der Waals surface area contributed by atoms with E-state index in [-0.39, 0.29) is 17.2 Å². The summed E-state index contributed by atoms with van der Waals surface area (Å²) in [4.78, 5) is 29.5. The van der Waals surface area contributed by atoms with Crippen LogP contribution in [0.25, 0.3) is 0 Å². The van der Waals surface area contributed by atoms with Crippen molar-refractivity contribution in [3.8, 4) is 0 Å². The van der Waals surface area contributed by atoms with Crippen molar-refractivity contribution in [1.82, 2.24) is 29.4 Å². The zero-order valence-corrected chi connectivity index (χ0v) is 17.9. The average molecular weight is 419 g/mol. The largest absolute Gasteiger partial charge is 0.341 e. The molecule has 2 aromatic heterocycles. The predicted octanol–water partition coefficient (Wildman–Crippen LogP) is 1.92. The van der Waals surface area contributed by atoms with Crippen molar-refractivity contribution >= 4 is 11.8 Å². The molecule has 0 aliphatic carbocycles. The quantitative estimate of drug-likeness (QED) is 0.651. The summed E-state index contributed by atoms with van der Waals surface area (Å²) in [5, 5.41) is 9.01. The molecule has 0 saturated carbocycles. The second-order valence-electron chi connectivity index (χ2n) is 8.65. The summed E-state index contributed by atoms with van der Waals surface area (Å²) in [5.41, 5.74) is 3.10. The van der Waals surface area contributed by atoms with Crippen LogP contribution in [0.1, 0.15) is 44.9 Å². The maximum absolute atomic E-state index is 12.9. The summed E-state index contributed by atoms with van der Waals surface area (Å²) in [6, 6.07) is 11.9. The van der Waals surface area contributed by atoms with E-state index in [0.717, 1.165) is 24.1 Å². The molecule has 8 nitrogen and oxygen atoms in total. The van der Waals surface area contributed by atoms with Crippen molar-refractivity contribution in [2.75, 3.05) is 26.7 Å². The van der Waals surface area contributed by atoms with Gasteiger partial charge < -0.3 is 9.80 Å². The molecule has 4 heterocycles. The number of rotatable bonds is 3. The van der Waals surface area contributed by atoms with Crippen molar-refractivity contribution in [2.45, 2.75) is 24.8 Å². The number of fused-ring (bicyclic) bond motifs is 2. The number of aryl methyl sites for hydroxylation is 1. The Labute approximate surface area is 181 Å². The van der Waals surface area contributed by atoms with Crippen molar-refractivity contribution in [1.29, 1.82) is 0 Å². The molecule has 31 heavy (non-hydrogen) atoms. The van der Waals surface area contributed by atoms with Crippen LogP contribution < -0.4 is 0 Å². The molecule has 5 rings (SSSR count). The Morgan fingerprint density at radius 2 is 1.84 bits per heavy atom. The molecule has 1 saturated heterocycles. The molecule has 1 spiro atoms. The van der Waals surface area contributed by atoms with Crippen LogP contribution in [0.15, 0.2) is 48.8 Å². The SMILES string of the molecule is CN1CC2(CCN(C(=O)c3ccnn3C)CC2)c2nn(Cc3ccccc3)cc2C1=O. The summed E-state index contributed by atoms with van der Waals surface area (Å²) in [6.45, 7) is 2.54. The number of hydrogen-bond acceptors (Lipinski definition) is 4.